The molecule has 0 spiro atoms. The summed E-state index contributed by atoms with van der Waals surface area (Å²) in [6, 6.07) is 6.44. The van der Waals surface area contributed by atoms with E-state index in [1.165, 1.54) is 6.07 Å². The number of hydrazine groups is 1. The van der Waals surface area contributed by atoms with Crippen molar-refractivity contribution in [1.29, 1.82) is 0 Å². The van der Waals surface area contributed by atoms with E-state index in [0.29, 0.717) is 5.69 Å². The van der Waals surface area contributed by atoms with E-state index in [9.17, 15) is 14.4 Å². The van der Waals surface area contributed by atoms with Gasteiger partial charge < -0.3 is 4.74 Å². The Bertz CT molecular complexity index is 560. The van der Waals surface area contributed by atoms with Gasteiger partial charge in [0.2, 0.25) is 0 Å². The molecule has 0 saturated heterocycles. The molecule has 0 radical (unpaired) electrons. The molecule has 0 unspecified atom stereocenters. The van der Waals surface area contributed by atoms with Crippen LogP contribution in [0.15, 0.2) is 24.3 Å². The van der Waals surface area contributed by atoms with Gasteiger partial charge in [0.25, 0.3) is 5.78 Å². The number of nitrogens with zero attached hydrogens (tertiary/aromatic N) is 1. The third-order valence-corrected chi connectivity index (χ3v) is 2.39. The van der Waals surface area contributed by atoms with Crippen LogP contribution in [0, 0.1) is 0 Å². The molecule has 0 saturated carbocycles. The Morgan fingerprint density at radius 1 is 1.21 bits per heavy atom. The molecule has 6 heteroatoms. The number of Topliss-reactive ketones (excluding diaryl/α,β-unsaturated/α-hetero) is 1. The van der Waals surface area contributed by atoms with Gasteiger partial charge in [0.15, 0.2) is 0 Å². The van der Waals surface area contributed by atoms with Crippen molar-refractivity contribution in [3.8, 4) is 0 Å². The van der Waals surface area contributed by atoms with E-state index >= 15 is 0 Å². The minimum Gasteiger partial charge on any atom is -0.443 e. The Balaban J connectivity index is 2.20. The van der Waals surface area contributed by atoms with Crippen LogP contribution >= 0.6 is 0 Å². The minimum absolute atomic E-state index is 0.267. The lowest BCUT2D eigenvalue weighted by Crippen LogP contribution is -2.47. The number of carbonyl (C=O) groups is 3. The summed E-state index contributed by atoms with van der Waals surface area (Å²) in [7, 11) is 0. The van der Waals surface area contributed by atoms with Crippen molar-refractivity contribution >= 4 is 23.5 Å². The number of ether oxygens (including phenoxy) is 1. The number of hydrogen-bond acceptors (Lipinski definition) is 4. The van der Waals surface area contributed by atoms with E-state index in [0.717, 1.165) is 5.01 Å². The zero-order valence-corrected chi connectivity index (χ0v) is 10.9. The molecule has 1 heterocycles. The first-order valence-electron chi connectivity index (χ1n) is 5.77. The van der Waals surface area contributed by atoms with Crippen molar-refractivity contribution in [2.45, 2.75) is 26.4 Å². The molecular formula is C13H14N2O4. The predicted molar refractivity (Wildman–Crippen MR) is 67.6 cm³/mol. The normalized spacial score (nSPS) is 14.4. The number of nitrogens with one attached hydrogen (secondary N) is 1. The minimum atomic E-state index is -0.799. The Morgan fingerprint density at radius 3 is 2.47 bits per heavy atom. The second kappa shape index (κ2) is 4.38. The molecule has 1 aliphatic rings. The molecule has 6 nitrogen and oxygen atoms in total. The van der Waals surface area contributed by atoms with Crippen LogP contribution in [0.3, 0.4) is 0 Å². The number of rotatable bonds is 1. The molecule has 2 amide bonds. The molecule has 2 rings (SSSR count). The highest BCUT2D eigenvalue weighted by Crippen LogP contribution is 2.26. The number of carbonyl (C=O) groups excluding carboxylic acids is 3. The molecule has 0 bridgehead atoms. The van der Waals surface area contributed by atoms with Gasteiger partial charge in [0.05, 0.1) is 11.3 Å². The van der Waals surface area contributed by atoms with Crippen LogP contribution in [0.5, 0.6) is 0 Å². The molecule has 1 aromatic rings. The molecule has 0 aliphatic carbocycles. The molecule has 100 valence electrons. The number of anilines is 1. The fraction of sp³-hybridized carbons (Fsp3) is 0.308. The Kier molecular flexibility index (Phi) is 3.01. The lowest BCUT2D eigenvalue weighted by atomic mass is 10.1. The number of fused-ring (bicyclic) bond motifs is 1. The number of hydrogen-bond donors (Lipinski definition) is 1. The number of ketones is 1. The first-order valence-corrected chi connectivity index (χ1v) is 5.77. The summed E-state index contributed by atoms with van der Waals surface area (Å²) in [5.74, 6) is -1.45. The van der Waals surface area contributed by atoms with Crippen molar-refractivity contribution in [2.75, 3.05) is 5.01 Å². The molecule has 0 fully saturated rings. The molecule has 0 atom stereocenters. The number of para-hydroxylation sites is 1. The summed E-state index contributed by atoms with van der Waals surface area (Å²) in [4.78, 5) is 35.1. The van der Waals surface area contributed by atoms with Crippen LogP contribution in [-0.2, 0) is 9.53 Å². The van der Waals surface area contributed by atoms with Crippen LogP contribution in [0.4, 0.5) is 10.5 Å². The van der Waals surface area contributed by atoms with E-state index in [1.54, 1.807) is 39.0 Å². The second-order valence-corrected chi connectivity index (χ2v) is 5.10. The van der Waals surface area contributed by atoms with Gasteiger partial charge >= 0.3 is 12.0 Å². The lowest BCUT2D eigenvalue weighted by Gasteiger charge is -2.23. The summed E-state index contributed by atoms with van der Waals surface area (Å²) < 4.78 is 5.04. The van der Waals surface area contributed by atoms with Crippen LogP contribution in [0.2, 0.25) is 0 Å². The monoisotopic (exact) mass is 262 g/mol. The highest BCUT2D eigenvalue weighted by Gasteiger charge is 2.37. The Morgan fingerprint density at radius 2 is 1.84 bits per heavy atom. The molecular weight excluding hydrogens is 248 g/mol. The van der Waals surface area contributed by atoms with Crippen molar-refractivity contribution in [3.05, 3.63) is 29.8 Å². The molecule has 1 aromatic carbocycles. The third-order valence-electron chi connectivity index (χ3n) is 2.39. The largest absolute Gasteiger partial charge is 0.443 e. The summed E-state index contributed by atoms with van der Waals surface area (Å²) >= 11 is 0. The smallest absolute Gasteiger partial charge is 0.427 e. The Labute approximate surface area is 110 Å². The average Bonchev–Trinajstić information content (AvgIpc) is 2.53. The molecule has 0 aromatic heterocycles. The Hall–Kier alpha value is -2.37. The maximum atomic E-state index is 11.8. The van der Waals surface area contributed by atoms with Gasteiger partial charge in [0, 0.05) is 0 Å². The van der Waals surface area contributed by atoms with Crippen LogP contribution in [0.25, 0.3) is 0 Å². The standard InChI is InChI=1S/C13H14N2O4/c1-13(2,3)19-12(18)14-15-9-7-5-4-6-8(9)10(16)11(15)17/h4-7H,1-3H3,(H,14,18). The number of amides is 2. The van der Waals surface area contributed by atoms with E-state index in [4.69, 9.17) is 4.74 Å². The van der Waals surface area contributed by atoms with Gasteiger partial charge in [-0.3, -0.25) is 9.59 Å². The first-order chi connectivity index (χ1) is 8.79. The van der Waals surface area contributed by atoms with E-state index in [-0.39, 0.29) is 5.56 Å². The zero-order valence-electron chi connectivity index (χ0n) is 10.9. The highest BCUT2D eigenvalue weighted by molar-refractivity contribution is 6.52. The van der Waals surface area contributed by atoms with E-state index in [2.05, 4.69) is 5.43 Å². The van der Waals surface area contributed by atoms with E-state index in [1.807, 2.05) is 0 Å². The van der Waals surface area contributed by atoms with Crippen LogP contribution in [-0.4, -0.2) is 23.4 Å². The predicted octanol–water partition coefficient (Wildman–Crippen LogP) is 1.66. The molecule has 1 aliphatic heterocycles. The van der Waals surface area contributed by atoms with Crippen molar-refractivity contribution in [3.63, 3.8) is 0 Å². The first kappa shape index (κ1) is 13.1. The summed E-state index contributed by atoms with van der Waals surface area (Å²) in [6.45, 7) is 5.12. The fourth-order valence-electron chi connectivity index (χ4n) is 1.69. The van der Waals surface area contributed by atoms with Gasteiger partial charge in [0.1, 0.15) is 5.60 Å². The molecule has 19 heavy (non-hydrogen) atoms. The van der Waals surface area contributed by atoms with Gasteiger partial charge in [-0.25, -0.2) is 15.2 Å². The SMILES string of the molecule is CC(C)(C)OC(=O)NN1C(=O)C(=O)c2ccccc21. The van der Waals surface area contributed by atoms with Crippen LogP contribution in [0.1, 0.15) is 31.1 Å². The molecule has 1 N–H and O–H groups in total. The fourth-order valence-corrected chi connectivity index (χ4v) is 1.69. The van der Waals surface area contributed by atoms with Gasteiger partial charge in [-0.15, -0.1) is 0 Å². The highest BCUT2D eigenvalue weighted by atomic mass is 16.6. The quantitative estimate of drug-likeness (QED) is 0.781. The van der Waals surface area contributed by atoms with Crippen molar-refractivity contribution in [2.24, 2.45) is 0 Å². The lowest BCUT2D eigenvalue weighted by molar-refractivity contribution is -0.114. The van der Waals surface area contributed by atoms with Crippen molar-refractivity contribution < 1.29 is 19.1 Å². The average molecular weight is 262 g/mol. The second-order valence-electron chi connectivity index (χ2n) is 5.10. The van der Waals surface area contributed by atoms with Gasteiger partial charge in [-0.1, -0.05) is 12.1 Å². The maximum absolute atomic E-state index is 11.8. The summed E-state index contributed by atoms with van der Waals surface area (Å²) in [5.41, 5.74) is 2.21. The van der Waals surface area contributed by atoms with Crippen LogP contribution < -0.4 is 10.4 Å². The van der Waals surface area contributed by atoms with Gasteiger partial charge in [-0.05, 0) is 32.9 Å². The van der Waals surface area contributed by atoms with E-state index < -0.39 is 23.4 Å². The third kappa shape index (κ3) is 2.57. The summed E-state index contributed by atoms with van der Waals surface area (Å²) in [5, 5.41) is 0.908. The maximum Gasteiger partial charge on any atom is 0.427 e. The summed E-state index contributed by atoms with van der Waals surface area (Å²) in [6.07, 6.45) is -0.787. The topological polar surface area (TPSA) is 75.7 Å². The zero-order chi connectivity index (χ0) is 14.2. The van der Waals surface area contributed by atoms with Crippen molar-refractivity contribution in [1.82, 2.24) is 5.43 Å². The van der Waals surface area contributed by atoms with Gasteiger partial charge in [-0.2, -0.15) is 0 Å². The number of benzene rings is 1.